The zero-order valence-electron chi connectivity index (χ0n) is 17.1. The van der Waals surface area contributed by atoms with E-state index in [9.17, 15) is 18.8 Å². The summed E-state index contributed by atoms with van der Waals surface area (Å²) in [5.41, 5.74) is 1.10. The van der Waals surface area contributed by atoms with Crippen molar-refractivity contribution in [2.24, 2.45) is 0 Å². The van der Waals surface area contributed by atoms with Gasteiger partial charge in [0.15, 0.2) is 5.13 Å². The fourth-order valence-electron chi connectivity index (χ4n) is 3.56. The van der Waals surface area contributed by atoms with Crippen LogP contribution in [0.1, 0.15) is 37.7 Å². The van der Waals surface area contributed by atoms with Crippen LogP contribution < -0.4 is 10.6 Å². The molecule has 0 aliphatic heterocycles. The zero-order valence-corrected chi connectivity index (χ0v) is 18.7. The topological polar surface area (TPSA) is 112 Å². The van der Waals surface area contributed by atoms with E-state index >= 15 is 0 Å². The molecular weight excluding hydrogens is 443 g/mol. The number of aromatic nitrogens is 1. The Labute approximate surface area is 187 Å². The second-order valence-electron chi connectivity index (χ2n) is 7.29. The van der Waals surface area contributed by atoms with Gasteiger partial charge in [-0.3, -0.25) is 14.9 Å². The maximum Gasteiger partial charge on any atom is 0.323 e. The predicted octanol–water partition coefficient (Wildman–Crippen LogP) is 4.22. The van der Waals surface area contributed by atoms with Gasteiger partial charge in [-0.05, 0) is 42.9 Å². The van der Waals surface area contributed by atoms with Gasteiger partial charge in [0.05, 0.1) is 21.8 Å². The first-order valence-electron chi connectivity index (χ1n) is 9.64. The fourth-order valence-corrected chi connectivity index (χ4v) is 5.14. The molecule has 3 rings (SSSR count). The van der Waals surface area contributed by atoms with E-state index in [1.165, 1.54) is 24.3 Å². The minimum absolute atomic E-state index is 0.0140. The van der Waals surface area contributed by atoms with Crippen molar-refractivity contribution >= 4 is 51.8 Å². The number of rotatable bonds is 7. The number of urea groups is 1. The number of hydrogen-bond donors (Lipinski definition) is 3. The molecule has 3 N–H and O–H groups in total. The average molecular weight is 467 g/mol. The minimum atomic E-state index is -0.912. The third kappa shape index (κ3) is 6.17. The van der Waals surface area contributed by atoms with Gasteiger partial charge in [-0.1, -0.05) is 17.4 Å². The third-order valence-electron chi connectivity index (χ3n) is 5.08. The number of thioether (sulfide) groups is 1. The molecule has 31 heavy (non-hydrogen) atoms. The number of amides is 3. The lowest BCUT2D eigenvalue weighted by Gasteiger charge is -2.24. The van der Waals surface area contributed by atoms with Gasteiger partial charge in [0.1, 0.15) is 5.82 Å². The summed E-state index contributed by atoms with van der Waals surface area (Å²) >= 11 is 2.38. The van der Waals surface area contributed by atoms with Gasteiger partial charge in [0, 0.05) is 20.0 Å². The van der Waals surface area contributed by atoms with Crippen LogP contribution in [0.15, 0.2) is 28.6 Å². The number of hydrogen-bond acceptors (Lipinski definition) is 6. The van der Waals surface area contributed by atoms with E-state index in [1.54, 1.807) is 30.3 Å². The van der Waals surface area contributed by atoms with Crippen molar-refractivity contribution in [3.8, 4) is 0 Å². The lowest BCUT2D eigenvalue weighted by Crippen LogP contribution is -2.38. The number of benzene rings is 1. The highest BCUT2D eigenvalue weighted by Gasteiger charge is 2.31. The Hall–Kier alpha value is -2.66. The highest BCUT2D eigenvalue weighted by Crippen LogP contribution is 2.38. The molecule has 0 radical (unpaired) electrons. The molecule has 11 heteroatoms. The van der Waals surface area contributed by atoms with Crippen molar-refractivity contribution in [3.05, 3.63) is 35.8 Å². The Morgan fingerprint density at radius 2 is 2.10 bits per heavy atom. The van der Waals surface area contributed by atoms with E-state index < -0.39 is 11.8 Å². The standard InChI is InChI=1S/C20H23FN4O4S2/c1-11(26)23-16-8-13(4-6-15(16)21)12-3-5-14(7-12)25(2)20(29)24-19-22-9-18(31-19)30-10-17(27)28/h4,6,8-9,12,14H,3,5,7,10H2,1-2H3,(H,23,26)(H,27,28)(H,22,24,29). The van der Waals surface area contributed by atoms with Crippen LogP contribution in [-0.4, -0.2) is 51.7 Å². The quantitative estimate of drug-likeness (QED) is 0.527. The van der Waals surface area contributed by atoms with Crippen LogP contribution in [0, 0.1) is 5.82 Å². The number of carboxylic acid groups (broad SMARTS) is 1. The molecule has 3 amide bonds. The first kappa shape index (κ1) is 23.0. The Balaban J connectivity index is 1.57. The molecule has 1 saturated carbocycles. The summed E-state index contributed by atoms with van der Waals surface area (Å²) in [6.45, 7) is 1.33. The molecule has 1 fully saturated rings. The minimum Gasteiger partial charge on any atom is -0.481 e. The molecule has 8 nitrogen and oxygen atoms in total. The smallest absolute Gasteiger partial charge is 0.323 e. The van der Waals surface area contributed by atoms with Crippen molar-refractivity contribution < 1.29 is 23.9 Å². The number of carbonyl (C=O) groups excluding carboxylic acids is 2. The van der Waals surface area contributed by atoms with Gasteiger partial charge in [-0.25, -0.2) is 14.2 Å². The predicted molar refractivity (Wildman–Crippen MR) is 118 cm³/mol. The SMILES string of the molecule is CC(=O)Nc1cc(C2CCC(N(C)C(=O)Nc3ncc(SCC(=O)O)s3)C2)ccc1F. The number of aliphatic carboxylic acids is 1. The number of thiazole rings is 1. The van der Waals surface area contributed by atoms with E-state index in [2.05, 4.69) is 15.6 Å². The number of nitrogens with one attached hydrogen (secondary N) is 2. The first-order chi connectivity index (χ1) is 14.7. The van der Waals surface area contributed by atoms with Gasteiger partial charge in [0.25, 0.3) is 0 Å². The lowest BCUT2D eigenvalue weighted by molar-refractivity contribution is -0.133. The molecule has 0 spiro atoms. The molecule has 1 aromatic heterocycles. The van der Waals surface area contributed by atoms with Crippen LogP contribution in [0.5, 0.6) is 0 Å². The number of anilines is 2. The normalized spacial score (nSPS) is 17.9. The highest BCUT2D eigenvalue weighted by molar-refractivity contribution is 8.01. The van der Waals surface area contributed by atoms with Crippen LogP contribution in [0.4, 0.5) is 20.0 Å². The summed E-state index contributed by atoms with van der Waals surface area (Å²) in [6.07, 6.45) is 3.92. The lowest BCUT2D eigenvalue weighted by atomic mass is 9.96. The number of nitrogens with zero attached hydrogens (tertiary/aromatic N) is 2. The van der Waals surface area contributed by atoms with Gasteiger partial charge in [0.2, 0.25) is 5.91 Å². The maximum absolute atomic E-state index is 13.9. The molecule has 2 atom stereocenters. The summed E-state index contributed by atoms with van der Waals surface area (Å²) in [6, 6.07) is 4.47. The van der Waals surface area contributed by atoms with Gasteiger partial charge >= 0.3 is 12.0 Å². The summed E-state index contributed by atoms with van der Waals surface area (Å²) in [4.78, 5) is 40.3. The van der Waals surface area contributed by atoms with E-state index in [0.717, 1.165) is 36.6 Å². The van der Waals surface area contributed by atoms with Crippen molar-refractivity contribution in [1.82, 2.24) is 9.88 Å². The van der Waals surface area contributed by atoms with E-state index in [4.69, 9.17) is 5.11 Å². The first-order valence-corrected chi connectivity index (χ1v) is 11.4. The Morgan fingerprint density at radius 3 is 2.81 bits per heavy atom. The van der Waals surface area contributed by atoms with Crippen molar-refractivity contribution in [3.63, 3.8) is 0 Å². The molecule has 0 saturated heterocycles. The van der Waals surface area contributed by atoms with Crippen LogP contribution in [0.3, 0.4) is 0 Å². The number of carboxylic acids is 1. The second-order valence-corrected chi connectivity index (χ2v) is 9.60. The third-order valence-corrected chi connectivity index (χ3v) is 7.17. The second kappa shape index (κ2) is 10.1. The summed E-state index contributed by atoms with van der Waals surface area (Å²) in [5, 5.41) is 14.4. The number of carbonyl (C=O) groups is 3. The van der Waals surface area contributed by atoms with E-state index in [1.807, 2.05) is 0 Å². The fraction of sp³-hybridized carbons (Fsp3) is 0.400. The van der Waals surface area contributed by atoms with Crippen LogP contribution in [-0.2, 0) is 9.59 Å². The molecule has 1 heterocycles. The van der Waals surface area contributed by atoms with Crippen molar-refractivity contribution in [1.29, 1.82) is 0 Å². The summed E-state index contributed by atoms with van der Waals surface area (Å²) < 4.78 is 14.6. The molecule has 0 bridgehead atoms. The Kier molecular flexibility index (Phi) is 7.50. The molecular formula is C20H23FN4O4S2. The van der Waals surface area contributed by atoms with E-state index in [0.29, 0.717) is 9.34 Å². The maximum atomic E-state index is 13.9. The zero-order chi connectivity index (χ0) is 22.5. The molecule has 1 aliphatic rings. The monoisotopic (exact) mass is 466 g/mol. The van der Waals surface area contributed by atoms with Gasteiger partial charge in [-0.15, -0.1) is 11.8 Å². The van der Waals surface area contributed by atoms with Crippen LogP contribution in [0.2, 0.25) is 0 Å². The van der Waals surface area contributed by atoms with Gasteiger partial charge in [-0.2, -0.15) is 0 Å². The molecule has 2 unspecified atom stereocenters. The van der Waals surface area contributed by atoms with Crippen LogP contribution in [0.25, 0.3) is 0 Å². The molecule has 1 aliphatic carbocycles. The highest BCUT2D eigenvalue weighted by atomic mass is 32.2. The Morgan fingerprint density at radius 1 is 1.32 bits per heavy atom. The van der Waals surface area contributed by atoms with E-state index in [-0.39, 0.29) is 35.3 Å². The molecule has 1 aromatic carbocycles. The van der Waals surface area contributed by atoms with Crippen LogP contribution >= 0.6 is 23.1 Å². The Bertz CT molecular complexity index is 984. The molecule has 166 valence electrons. The van der Waals surface area contributed by atoms with Crippen molar-refractivity contribution in [2.75, 3.05) is 23.4 Å². The summed E-state index contributed by atoms with van der Waals surface area (Å²) in [5.74, 6) is -1.62. The van der Waals surface area contributed by atoms with Gasteiger partial charge < -0.3 is 15.3 Å². The average Bonchev–Trinajstić information content (AvgIpc) is 3.37. The number of halogens is 1. The van der Waals surface area contributed by atoms with Crippen molar-refractivity contribution in [2.45, 2.75) is 42.4 Å². The molecule has 2 aromatic rings. The largest absolute Gasteiger partial charge is 0.481 e. The summed E-state index contributed by atoms with van der Waals surface area (Å²) in [7, 11) is 1.73.